The maximum atomic E-state index is 4.57. The molecule has 26 heavy (non-hydrogen) atoms. The van der Waals surface area contributed by atoms with Crippen molar-refractivity contribution in [1.29, 1.82) is 0 Å². The molecule has 3 heterocycles. The molecule has 4 aromatic rings. The molecule has 0 atom stereocenters. The Balaban J connectivity index is 1.48. The summed E-state index contributed by atoms with van der Waals surface area (Å²) in [6, 6.07) is 8.72. The largest absolute Gasteiger partial charge is 0.277 e. The van der Waals surface area contributed by atoms with Crippen LogP contribution in [0.1, 0.15) is 21.6 Å². The summed E-state index contributed by atoms with van der Waals surface area (Å²) in [5.41, 5.74) is 11.2. The molecule has 5 nitrogen and oxygen atoms in total. The molecule has 0 saturated carbocycles. The zero-order chi connectivity index (χ0) is 17.5. The van der Waals surface area contributed by atoms with Crippen LogP contribution in [0.3, 0.4) is 0 Å². The predicted molar refractivity (Wildman–Crippen MR) is 103 cm³/mol. The molecule has 6 heteroatoms. The van der Waals surface area contributed by atoms with Gasteiger partial charge in [0.05, 0.1) is 17.9 Å². The van der Waals surface area contributed by atoms with Crippen molar-refractivity contribution in [3.05, 3.63) is 76.2 Å². The van der Waals surface area contributed by atoms with Crippen LogP contribution >= 0.6 is 11.3 Å². The highest BCUT2D eigenvalue weighted by Crippen LogP contribution is 2.41. The highest BCUT2D eigenvalue weighted by molar-refractivity contribution is 7.11. The minimum atomic E-state index is 0.730. The minimum absolute atomic E-state index is 0.730. The van der Waals surface area contributed by atoms with Crippen LogP contribution in [0, 0.1) is 0 Å². The Labute approximate surface area is 154 Å². The third-order valence-corrected chi connectivity index (χ3v) is 5.50. The molecule has 1 aliphatic carbocycles. The van der Waals surface area contributed by atoms with E-state index >= 15 is 0 Å². The fourth-order valence-corrected chi connectivity index (χ4v) is 4.27. The van der Waals surface area contributed by atoms with Crippen molar-refractivity contribution < 1.29 is 0 Å². The average molecular weight is 357 g/mol. The Bertz CT molecular complexity index is 1140. The van der Waals surface area contributed by atoms with Gasteiger partial charge in [-0.1, -0.05) is 24.8 Å². The van der Waals surface area contributed by atoms with Gasteiger partial charge in [-0.3, -0.25) is 5.10 Å². The molecule has 1 aromatic carbocycles. The van der Waals surface area contributed by atoms with E-state index in [0.29, 0.717) is 0 Å². The number of aromatic amines is 1. The van der Waals surface area contributed by atoms with Crippen molar-refractivity contribution in [2.24, 2.45) is 0 Å². The van der Waals surface area contributed by atoms with E-state index in [1.54, 1.807) is 24.0 Å². The maximum absolute atomic E-state index is 4.57. The first-order valence-electron chi connectivity index (χ1n) is 8.28. The zero-order valence-corrected chi connectivity index (χ0v) is 14.8. The standard InChI is InChI=1S/C20H15N5S/c1-2-3-16-7-15(10-26-16)19-18-8-14-6-13(9-25-12-21-11-22-25)4-5-17(14)20(18)24-23-19/h3-7,10-12H,1,8-9H2,(H,23,24). The van der Waals surface area contributed by atoms with E-state index in [1.165, 1.54) is 22.3 Å². The van der Waals surface area contributed by atoms with Crippen molar-refractivity contribution in [3.63, 3.8) is 0 Å². The Hall–Kier alpha value is -3.21. The molecule has 0 radical (unpaired) electrons. The zero-order valence-electron chi connectivity index (χ0n) is 13.9. The second-order valence-corrected chi connectivity index (χ2v) is 7.22. The normalized spacial score (nSPS) is 11.8. The SMILES string of the molecule is C=C=Cc1cc(-c2n[nH]c3c2Cc2cc(Cn4cncn4)ccc2-3)cs1. The molecule has 3 aromatic heterocycles. The van der Waals surface area contributed by atoms with Gasteiger partial charge in [0.25, 0.3) is 0 Å². The lowest BCUT2D eigenvalue weighted by molar-refractivity contribution is 0.684. The lowest BCUT2D eigenvalue weighted by atomic mass is 10.1. The van der Waals surface area contributed by atoms with Gasteiger partial charge >= 0.3 is 0 Å². The van der Waals surface area contributed by atoms with Gasteiger partial charge in [0.2, 0.25) is 0 Å². The molecule has 0 amide bonds. The van der Waals surface area contributed by atoms with E-state index in [0.717, 1.165) is 34.8 Å². The lowest BCUT2D eigenvalue weighted by Gasteiger charge is -2.05. The fourth-order valence-electron chi connectivity index (χ4n) is 3.48. The third-order valence-electron chi connectivity index (χ3n) is 4.62. The molecule has 5 rings (SSSR count). The lowest BCUT2D eigenvalue weighted by Crippen LogP contribution is -2.00. The fraction of sp³-hybridized carbons (Fsp3) is 0.100. The highest BCUT2D eigenvalue weighted by Gasteiger charge is 2.25. The summed E-state index contributed by atoms with van der Waals surface area (Å²) in [6.07, 6.45) is 6.09. The van der Waals surface area contributed by atoms with Crippen LogP contribution in [0.25, 0.3) is 28.6 Å². The molecule has 0 aliphatic heterocycles. The first kappa shape index (κ1) is 15.1. The number of thiophene rings is 1. The second kappa shape index (κ2) is 5.95. The van der Waals surface area contributed by atoms with E-state index in [9.17, 15) is 0 Å². The number of nitrogens with zero attached hydrogens (tertiary/aromatic N) is 4. The Morgan fingerprint density at radius 2 is 2.31 bits per heavy atom. The summed E-state index contributed by atoms with van der Waals surface area (Å²) in [7, 11) is 0. The van der Waals surface area contributed by atoms with Gasteiger partial charge in [0.15, 0.2) is 0 Å². The van der Waals surface area contributed by atoms with Gasteiger partial charge in [-0.05, 0) is 23.3 Å². The molecule has 0 spiro atoms. The van der Waals surface area contributed by atoms with Gasteiger partial charge in [-0.15, -0.1) is 17.1 Å². The van der Waals surface area contributed by atoms with Crippen LogP contribution < -0.4 is 0 Å². The van der Waals surface area contributed by atoms with Crippen LogP contribution in [0.5, 0.6) is 0 Å². The van der Waals surface area contributed by atoms with Crippen LogP contribution in [0.2, 0.25) is 0 Å². The first-order valence-corrected chi connectivity index (χ1v) is 9.16. The number of aromatic nitrogens is 5. The number of nitrogens with one attached hydrogen (secondary N) is 1. The Kier molecular flexibility index (Phi) is 3.45. The summed E-state index contributed by atoms with van der Waals surface area (Å²) >= 11 is 1.68. The van der Waals surface area contributed by atoms with Crippen LogP contribution in [-0.2, 0) is 13.0 Å². The number of fused-ring (bicyclic) bond motifs is 3. The van der Waals surface area contributed by atoms with Gasteiger partial charge in [-0.25, -0.2) is 9.67 Å². The maximum Gasteiger partial charge on any atom is 0.137 e. The van der Waals surface area contributed by atoms with Gasteiger partial charge < -0.3 is 0 Å². The topological polar surface area (TPSA) is 59.4 Å². The summed E-state index contributed by atoms with van der Waals surface area (Å²) < 4.78 is 1.84. The molecule has 126 valence electrons. The number of hydrogen-bond donors (Lipinski definition) is 1. The summed E-state index contributed by atoms with van der Waals surface area (Å²) in [5, 5.41) is 14.1. The average Bonchev–Trinajstić information content (AvgIpc) is 3.38. The van der Waals surface area contributed by atoms with Gasteiger partial charge in [-0.2, -0.15) is 10.2 Å². The van der Waals surface area contributed by atoms with Crippen molar-refractivity contribution in [3.8, 4) is 22.5 Å². The van der Waals surface area contributed by atoms with Crippen LogP contribution in [0.4, 0.5) is 0 Å². The molecular formula is C20H15N5S. The highest BCUT2D eigenvalue weighted by atomic mass is 32.1. The van der Waals surface area contributed by atoms with Crippen molar-refractivity contribution >= 4 is 17.4 Å². The van der Waals surface area contributed by atoms with Crippen molar-refractivity contribution in [2.75, 3.05) is 0 Å². The molecule has 0 fully saturated rings. The number of benzene rings is 1. The Morgan fingerprint density at radius 3 is 3.15 bits per heavy atom. The third kappa shape index (κ3) is 2.44. The molecular weight excluding hydrogens is 342 g/mol. The number of rotatable bonds is 4. The summed E-state index contributed by atoms with van der Waals surface area (Å²) in [5.74, 6) is 0. The number of H-pyrrole nitrogens is 1. The molecule has 0 unspecified atom stereocenters. The van der Waals surface area contributed by atoms with E-state index in [4.69, 9.17) is 0 Å². The van der Waals surface area contributed by atoms with E-state index in [1.807, 2.05) is 10.8 Å². The summed E-state index contributed by atoms with van der Waals surface area (Å²) in [4.78, 5) is 5.14. The van der Waals surface area contributed by atoms with E-state index < -0.39 is 0 Å². The van der Waals surface area contributed by atoms with Crippen LogP contribution in [-0.4, -0.2) is 25.0 Å². The number of hydrogen-bond acceptors (Lipinski definition) is 4. The van der Waals surface area contributed by atoms with Crippen LogP contribution in [0.15, 0.2) is 54.6 Å². The molecule has 0 saturated heterocycles. The summed E-state index contributed by atoms with van der Waals surface area (Å²) in [6.45, 7) is 4.37. The second-order valence-electron chi connectivity index (χ2n) is 6.27. The molecule has 0 bridgehead atoms. The smallest absolute Gasteiger partial charge is 0.137 e. The quantitative estimate of drug-likeness (QED) is 0.492. The van der Waals surface area contributed by atoms with Crippen molar-refractivity contribution in [2.45, 2.75) is 13.0 Å². The van der Waals surface area contributed by atoms with Crippen molar-refractivity contribution in [1.82, 2.24) is 25.0 Å². The molecule has 1 aliphatic rings. The Morgan fingerprint density at radius 1 is 1.35 bits per heavy atom. The predicted octanol–water partition coefficient (Wildman–Crippen LogP) is 4.15. The molecule has 1 N–H and O–H groups in total. The van der Waals surface area contributed by atoms with Gasteiger partial charge in [0, 0.05) is 33.4 Å². The van der Waals surface area contributed by atoms with E-state index in [2.05, 4.69) is 62.2 Å². The minimum Gasteiger partial charge on any atom is -0.277 e. The first-order chi connectivity index (χ1) is 12.8. The monoisotopic (exact) mass is 357 g/mol. The van der Waals surface area contributed by atoms with E-state index in [-0.39, 0.29) is 0 Å². The van der Waals surface area contributed by atoms with Gasteiger partial charge in [0.1, 0.15) is 12.7 Å².